The topological polar surface area (TPSA) is 39.1 Å². The summed E-state index contributed by atoms with van der Waals surface area (Å²) in [6.45, 7) is 7.95. The molecule has 1 aromatic carbocycles. The molecular weight excluding hydrogens is 250 g/mol. The quantitative estimate of drug-likeness (QED) is 0.930. The first-order valence-corrected chi connectivity index (χ1v) is 7.56. The molecule has 3 rings (SSSR count). The van der Waals surface area contributed by atoms with Gasteiger partial charge in [-0.3, -0.25) is 0 Å². The van der Waals surface area contributed by atoms with Crippen molar-refractivity contribution in [1.29, 1.82) is 0 Å². The standard InChI is InChI=1S/C16H23N3O/c1-3-19-15-5-4-12(2)10-14(15)18-16(19)11-20-13-6-8-17-9-7-13/h4-5,10,13,17H,3,6-9,11H2,1-2H3. The largest absolute Gasteiger partial charge is 0.370 e. The van der Waals surface area contributed by atoms with E-state index in [1.54, 1.807) is 0 Å². The molecule has 0 spiro atoms. The zero-order chi connectivity index (χ0) is 13.9. The van der Waals surface area contributed by atoms with Crippen LogP contribution in [0.2, 0.25) is 0 Å². The molecule has 0 radical (unpaired) electrons. The third-order valence-corrected chi connectivity index (χ3v) is 4.03. The lowest BCUT2D eigenvalue weighted by Crippen LogP contribution is -2.32. The number of piperidine rings is 1. The molecule has 4 heteroatoms. The number of hydrogen-bond acceptors (Lipinski definition) is 3. The third-order valence-electron chi connectivity index (χ3n) is 4.03. The lowest BCUT2D eigenvalue weighted by atomic mass is 10.1. The van der Waals surface area contributed by atoms with E-state index in [9.17, 15) is 0 Å². The Hall–Kier alpha value is -1.39. The molecule has 4 nitrogen and oxygen atoms in total. The van der Waals surface area contributed by atoms with Crippen molar-refractivity contribution >= 4 is 11.0 Å². The predicted octanol–water partition coefficient (Wildman–Crippen LogP) is 2.63. The fourth-order valence-electron chi connectivity index (χ4n) is 2.91. The van der Waals surface area contributed by atoms with Crippen LogP contribution >= 0.6 is 0 Å². The van der Waals surface area contributed by atoms with Crippen LogP contribution in [-0.2, 0) is 17.9 Å². The summed E-state index contributed by atoms with van der Waals surface area (Å²) in [5, 5.41) is 3.36. The Morgan fingerprint density at radius 2 is 2.15 bits per heavy atom. The molecule has 1 aromatic heterocycles. The van der Waals surface area contributed by atoms with Gasteiger partial charge < -0.3 is 14.6 Å². The number of aromatic nitrogens is 2. The van der Waals surface area contributed by atoms with Crippen LogP contribution in [0.5, 0.6) is 0 Å². The minimum absolute atomic E-state index is 0.378. The molecule has 0 aliphatic carbocycles. The minimum Gasteiger partial charge on any atom is -0.370 e. The van der Waals surface area contributed by atoms with Gasteiger partial charge in [-0.2, -0.15) is 0 Å². The van der Waals surface area contributed by atoms with Gasteiger partial charge in [0.1, 0.15) is 12.4 Å². The van der Waals surface area contributed by atoms with Gasteiger partial charge in [-0.15, -0.1) is 0 Å². The number of nitrogens with one attached hydrogen (secondary N) is 1. The summed E-state index contributed by atoms with van der Waals surface area (Å²) in [4.78, 5) is 4.75. The fourth-order valence-corrected chi connectivity index (χ4v) is 2.91. The maximum absolute atomic E-state index is 6.05. The molecular formula is C16H23N3O. The van der Waals surface area contributed by atoms with Gasteiger partial charge in [0.05, 0.1) is 17.1 Å². The summed E-state index contributed by atoms with van der Waals surface area (Å²) < 4.78 is 8.31. The molecule has 1 fully saturated rings. The monoisotopic (exact) mass is 273 g/mol. The molecule has 1 aliphatic heterocycles. The Bertz CT molecular complexity index is 585. The number of benzene rings is 1. The van der Waals surface area contributed by atoms with E-state index in [0.717, 1.165) is 43.8 Å². The van der Waals surface area contributed by atoms with Crippen molar-refractivity contribution in [1.82, 2.24) is 14.9 Å². The van der Waals surface area contributed by atoms with Gasteiger partial charge in [0.25, 0.3) is 0 Å². The summed E-state index contributed by atoms with van der Waals surface area (Å²) >= 11 is 0. The minimum atomic E-state index is 0.378. The third kappa shape index (κ3) is 2.72. The van der Waals surface area contributed by atoms with Crippen LogP contribution in [0, 0.1) is 6.92 Å². The van der Waals surface area contributed by atoms with Crippen LogP contribution in [0.15, 0.2) is 18.2 Å². The van der Waals surface area contributed by atoms with Crippen molar-refractivity contribution in [2.24, 2.45) is 0 Å². The van der Waals surface area contributed by atoms with E-state index in [1.807, 2.05) is 0 Å². The smallest absolute Gasteiger partial charge is 0.135 e. The number of hydrogen-bond donors (Lipinski definition) is 1. The summed E-state index contributed by atoms with van der Waals surface area (Å²) in [6.07, 6.45) is 2.58. The Kier molecular flexibility index (Phi) is 4.03. The Morgan fingerprint density at radius 1 is 1.35 bits per heavy atom. The highest BCUT2D eigenvalue weighted by molar-refractivity contribution is 5.76. The number of ether oxygens (including phenoxy) is 1. The molecule has 1 aliphatic rings. The van der Waals surface area contributed by atoms with Crippen LogP contribution in [0.4, 0.5) is 0 Å². The van der Waals surface area contributed by atoms with Gasteiger partial charge in [-0.1, -0.05) is 6.07 Å². The number of fused-ring (bicyclic) bond motifs is 1. The van der Waals surface area contributed by atoms with Gasteiger partial charge in [0, 0.05) is 6.54 Å². The van der Waals surface area contributed by atoms with Crippen LogP contribution in [0.1, 0.15) is 31.2 Å². The zero-order valence-corrected chi connectivity index (χ0v) is 12.4. The van der Waals surface area contributed by atoms with Crippen molar-refractivity contribution in [3.63, 3.8) is 0 Å². The summed E-state index contributed by atoms with van der Waals surface area (Å²) in [5.41, 5.74) is 3.54. The second-order valence-electron chi connectivity index (χ2n) is 5.52. The van der Waals surface area contributed by atoms with E-state index < -0.39 is 0 Å². The molecule has 20 heavy (non-hydrogen) atoms. The normalized spacial score (nSPS) is 16.9. The number of nitrogens with zero attached hydrogens (tertiary/aromatic N) is 2. The van der Waals surface area contributed by atoms with Crippen molar-refractivity contribution < 1.29 is 4.74 Å². The van der Waals surface area contributed by atoms with Gasteiger partial charge in [0.2, 0.25) is 0 Å². The second kappa shape index (κ2) is 5.94. The van der Waals surface area contributed by atoms with E-state index in [-0.39, 0.29) is 0 Å². The lowest BCUT2D eigenvalue weighted by Gasteiger charge is -2.22. The molecule has 1 N–H and O–H groups in total. The second-order valence-corrected chi connectivity index (χ2v) is 5.52. The first kappa shape index (κ1) is 13.6. The first-order chi connectivity index (χ1) is 9.78. The Labute approximate surface area is 120 Å². The van der Waals surface area contributed by atoms with Crippen LogP contribution in [0.25, 0.3) is 11.0 Å². The maximum atomic E-state index is 6.05. The maximum Gasteiger partial charge on any atom is 0.135 e. The Balaban J connectivity index is 1.79. The average Bonchev–Trinajstić information content (AvgIpc) is 2.82. The average molecular weight is 273 g/mol. The van der Waals surface area contributed by atoms with Crippen LogP contribution < -0.4 is 5.32 Å². The van der Waals surface area contributed by atoms with Gasteiger partial charge in [0.15, 0.2) is 0 Å². The fraction of sp³-hybridized carbons (Fsp3) is 0.562. The van der Waals surface area contributed by atoms with E-state index in [2.05, 4.69) is 41.9 Å². The highest BCUT2D eigenvalue weighted by Gasteiger charge is 2.16. The van der Waals surface area contributed by atoms with Crippen molar-refractivity contribution in [2.45, 2.75) is 45.9 Å². The zero-order valence-electron chi connectivity index (χ0n) is 12.4. The molecule has 0 unspecified atom stereocenters. The van der Waals surface area contributed by atoms with Crippen molar-refractivity contribution in [3.05, 3.63) is 29.6 Å². The number of imidazole rings is 1. The summed E-state index contributed by atoms with van der Waals surface area (Å²) in [5.74, 6) is 1.05. The van der Waals surface area contributed by atoms with Crippen LogP contribution in [-0.4, -0.2) is 28.7 Å². The number of aryl methyl sites for hydroxylation is 2. The van der Waals surface area contributed by atoms with E-state index >= 15 is 0 Å². The van der Waals surface area contributed by atoms with Crippen LogP contribution in [0.3, 0.4) is 0 Å². The van der Waals surface area contributed by atoms with E-state index in [1.165, 1.54) is 11.1 Å². The summed E-state index contributed by atoms with van der Waals surface area (Å²) in [7, 11) is 0. The SMILES string of the molecule is CCn1c(COC2CCNCC2)nc2cc(C)ccc21. The highest BCUT2D eigenvalue weighted by atomic mass is 16.5. The molecule has 2 heterocycles. The van der Waals surface area contributed by atoms with Crippen molar-refractivity contribution in [3.8, 4) is 0 Å². The molecule has 0 saturated carbocycles. The molecule has 1 saturated heterocycles. The lowest BCUT2D eigenvalue weighted by molar-refractivity contribution is 0.0167. The van der Waals surface area contributed by atoms with Gasteiger partial charge in [-0.25, -0.2) is 4.98 Å². The highest BCUT2D eigenvalue weighted by Crippen LogP contribution is 2.19. The van der Waals surface area contributed by atoms with E-state index in [4.69, 9.17) is 9.72 Å². The van der Waals surface area contributed by atoms with Gasteiger partial charge >= 0.3 is 0 Å². The molecule has 108 valence electrons. The predicted molar refractivity (Wildman–Crippen MR) is 80.8 cm³/mol. The Morgan fingerprint density at radius 3 is 2.90 bits per heavy atom. The molecule has 0 amide bonds. The molecule has 0 atom stereocenters. The number of rotatable bonds is 4. The van der Waals surface area contributed by atoms with Gasteiger partial charge in [-0.05, 0) is 57.5 Å². The summed E-state index contributed by atoms with van der Waals surface area (Å²) in [6, 6.07) is 6.46. The molecule has 0 bridgehead atoms. The van der Waals surface area contributed by atoms with Crippen molar-refractivity contribution in [2.75, 3.05) is 13.1 Å². The molecule has 2 aromatic rings. The van der Waals surface area contributed by atoms with E-state index in [0.29, 0.717) is 12.7 Å². The first-order valence-electron chi connectivity index (χ1n) is 7.56.